The fourth-order valence-corrected chi connectivity index (χ4v) is 8.06. The Hall–Kier alpha value is -1.92. The molecule has 4 rings (SSSR count). The molecule has 10 nitrogen and oxygen atoms in total. The smallest absolute Gasteiger partial charge is 0.335 e. The van der Waals surface area contributed by atoms with E-state index in [9.17, 15) is 40.2 Å². The van der Waals surface area contributed by atoms with Gasteiger partial charge < -0.3 is 40.1 Å². The number of carboxylic acid groups (broad SMARTS) is 1. The average Bonchev–Trinajstić information content (AvgIpc) is 3.29. The summed E-state index contributed by atoms with van der Waals surface area (Å²) in [6, 6.07) is 0. The number of hydrogen-bond acceptors (Lipinski definition) is 9. The SMILES string of the molecule is C=C1CC[C@H](O)C/C1=C/C=C1\CCC[C@]2(C)[C@@H]([C@H](C)C[C@H](O[C@@H]3O[C@H](C(=O)O)[C@@H](O)[C@H](O)[C@H]3O)C(=O)C(C)(C)O)CC[C@@H]12. The number of ketones is 1. The first-order chi connectivity index (χ1) is 20.0. The Morgan fingerprint density at radius 2 is 1.79 bits per heavy atom. The highest BCUT2D eigenvalue weighted by Crippen LogP contribution is 2.60. The zero-order chi connectivity index (χ0) is 31.9. The fraction of sp³-hybridized carbons (Fsp3) is 0.758. The van der Waals surface area contributed by atoms with Crippen LogP contribution in [0, 0.1) is 23.2 Å². The molecule has 0 aromatic carbocycles. The highest BCUT2D eigenvalue weighted by atomic mass is 16.7. The van der Waals surface area contributed by atoms with Crippen LogP contribution >= 0.6 is 0 Å². The van der Waals surface area contributed by atoms with Crippen molar-refractivity contribution in [1.82, 2.24) is 0 Å². The first-order valence-electron chi connectivity index (χ1n) is 15.6. The van der Waals surface area contributed by atoms with Crippen molar-refractivity contribution >= 4 is 11.8 Å². The zero-order valence-corrected chi connectivity index (χ0v) is 25.8. The van der Waals surface area contributed by atoms with Gasteiger partial charge in [-0.2, -0.15) is 0 Å². The zero-order valence-electron chi connectivity index (χ0n) is 25.8. The molecule has 0 spiro atoms. The van der Waals surface area contributed by atoms with Gasteiger partial charge >= 0.3 is 5.97 Å². The number of aliphatic carboxylic acids is 1. The molecular weight excluding hydrogens is 556 g/mol. The van der Waals surface area contributed by atoms with Crippen LogP contribution in [0.3, 0.4) is 0 Å². The van der Waals surface area contributed by atoms with E-state index in [1.54, 1.807) is 0 Å². The molecular formula is C33H50O10. The number of fused-ring (bicyclic) bond motifs is 1. The summed E-state index contributed by atoms with van der Waals surface area (Å²) < 4.78 is 11.2. The highest BCUT2D eigenvalue weighted by molar-refractivity contribution is 5.90. The normalized spacial score (nSPS) is 40.3. The third-order valence-corrected chi connectivity index (χ3v) is 10.5. The van der Waals surface area contributed by atoms with Gasteiger partial charge in [0.05, 0.1) is 6.10 Å². The number of allylic oxidation sites excluding steroid dienone is 4. The molecule has 4 fully saturated rings. The number of carbonyl (C=O) groups is 2. The second-order valence-electron chi connectivity index (χ2n) is 14.0. The maximum Gasteiger partial charge on any atom is 0.335 e. The second kappa shape index (κ2) is 13.2. The lowest BCUT2D eigenvalue weighted by atomic mass is 9.60. The quantitative estimate of drug-likeness (QED) is 0.229. The standard InChI is InChI=1S/C33H50O10/c1-17-8-11-21(34)16-20(17)10-9-19-7-6-14-33(5)22(12-13-23(19)33)18(2)15-24(29(38)32(3,4)41)42-31-27(37)25(35)26(36)28(43-31)30(39)40/h9-10,18,21-28,31,34-37,41H,1,6-8,11-16H2,2-5H3,(H,39,40)/b19-9+,20-10-/t18-,21+,22-,23+,24+,25+,26+,27-,28+,31-,33-/m1/s1. The van der Waals surface area contributed by atoms with Gasteiger partial charge in [-0.05, 0) is 100 Å². The number of rotatable bonds is 9. The summed E-state index contributed by atoms with van der Waals surface area (Å²) in [5.74, 6) is -1.63. The van der Waals surface area contributed by atoms with Crippen LogP contribution in [-0.2, 0) is 19.1 Å². The first kappa shape index (κ1) is 34.0. The summed E-state index contributed by atoms with van der Waals surface area (Å²) in [5.41, 5.74) is 1.80. The average molecular weight is 607 g/mol. The van der Waals surface area contributed by atoms with E-state index >= 15 is 0 Å². The van der Waals surface area contributed by atoms with Crippen LogP contribution in [0.15, 0.2) is 35.5 Å². The van der Waals surface area contributed by atoms with E-state index in [1.165, 1.54) is 19.4 Å². The van der Waals surface area contributed by atoms with Crippen molar-refractivity contribution < 1.29 is 49.7 Å². The summed E-state index contributed by atoms with van der Waals surface area (Å²) in [5, 5.41) is 61.0. The molecule has 1 aliphatic heterocycles. The summed E-state index contributed by atoms with van der Waals surface area (Å²) in [6.45, 7) is 11.2. The van der Waals surface area contributed by atoms with Crippen molar-refractivity contribution in [2.75, 3.05) is 0 Å². The maximum absolute atomic E-state index is 13.4. The van der Waals surface area contributed by atoms with Crippen LogP contribution in [0.2, 0.25) is 0 Å². The molecule has 11 atom stereocenters. The van der Waals surface area contributed by atoms with Gasteiger partial charge in [0.1, 0.15) is 30.0 Å². The Balaban J connectivity index is 1.53. The molecule has 3 saturated carbocycles. The number of aliphatic hydroxyl groups excluding tert-OH is 4. The number of aliphatic hydroxyl groups is 5. The van der Waals surface area contributed by atoms with Crippen LogP contribution in [-0.4, -0.2) is 90.9 Å². The van der Waals surface area contributed by atoms with Gasteiger partial charge in [-0.3, -0.25) is 4.79 Å². The summed E-state index contributed by atoms with van der Waals surface area (Å²) in [6.07, 6.45) is 1.13. The maximum atomic E-state index is 13.4. The van der Waals surface area contributed by atoms with Gasteiger partial charge in [-0.15, -0.1) is 0 Å². The Labute approximate surface area is 254 Å². The van der Waals surface area contributed by atoms with Gasteiger partial charge in [-0.1, -0.05) is 43.7 Å². The molecule has 43 heavy (non-hydrogen) atoms. The van der Waals surface area contributed by atoms with E-state index in [2.05, 4.69) is 32.6 Å². The van der Waals surface area contributed by atoms with Crippen LogP contribution in [0.25, 0.3) is 0 Å². The van der Waals surface area contributed by atoms with Crippen molar-refractivity contribution in [1.29, 1.82) is 0 Å². The Kier molecular flexibility index (Phi) is 10.4. The van der Waals surface area contributed by atoms with Crippen molar-refractivity contribution in [3.05, 3.63) is 35.5 Å². The molecule has 0 aromatic heterocycles. The number of ether oxygens (including phenoxy) is 2. The molecule has 242 valence electrons. The topological polar surface area (TPSA) is 174 Å². The molecule has 0 amide bonds. The van der Waals surface area contributed by atoms with Crippen LogP contribution < -0.4 is 0 Å². The predicted octanol–water partition coefficient (Wildman–Crippen LogP) is 2.80. The molecule has 0 radical (unpaired) electrons. The number of Topliss-reactive ketones (excluding diaryl/α,β-unsaturated/α-hetero) is 1. The molecule has 1 saturated heterocycles. The number of hydrogen-bond donors (Lipinski definition) is 6. The van der Waals surface area contributed by atoms with E-state index in [4.69, 9.17) is 9.47 Å². The minimum Gasteiger partial charge on any atom is -0.479 e. The van der Waals surface area contributed by atoms with E-state index in [-0.39, 0.29) is 29.8 Å². The van der Waals surface area contributed by atoms with Crippen LogP contribution in [0.5, 0.6) is 0 Å². The minimum atomic E-state index is -1.88. The van der Waals surface area contributed by atoms with Crippen LogP contribution in [0.4, 0.5) is 0 Å². The van der Waals surface area contributed by atoms with E-state index in [1.807, 2.05) is 0 Å². The van der Waals surface area contributed by atoms with Gasteiger partial charge in [0.2, 0.25) is 0 Å². The Morgan fingerprint density at radius 3 is 2.44 bits per heavy atom. The minimum absolute atomic E-state index is 0.0248. The molecule has 4 aliphatic rings. The van der Waals surface area contributed by atoms with Gasteiger partial charge in [-0.25, -0.2) is 4.79 Å². The van der Waals surface area contributed by atoms with Gasteiger partial charge in [0.25, 0.3) is 0 Å². The van der Waals surface area contributed by atoms with E-state index in [0.717, 1.165) is 56.1 Å². The summed E-state index contributed by atoms with van der Waals surface area (Å²) in [4.78, 5) is 25.0. The predicted molar refractivity (Wildman–Crippen MR) is 158 cm³/mol. The van der Waals surface area contributed by atoms with Crippen molar-refractivity contribution in [2.24, 2.45) is 23.2 Å². The van der Waals surface area contributed by atoms with Crippen LogP contribution in [0.1, 0.15) is 85.5 Å². The fourth-order valence-electron chi connectivity index (χ4n) is 8.06. The largest absolute Gasteiger partial charge is 0.479 e. The first-order valence-corrected chi connectivity index (χ1v) is 15.6. The van der Waals surface area contributed by atoms with Gasteiger partial charge in [0, 0.05) is 0 Å². The lowest BCUT2D eigenvalue weighted by Gasteiger charge is -2.45. The van der Waals surface area contributed by atoms with Crippen molar-refractivity contribution in [2.45, 2.75) is 134 Å². The Bertz CT molecular complexity index is 1120. The number of carbonyl (C=O) groups excluding carboxylic acids is 1. The summed E-state index contributed by atoms with van der Waals surface area (Å²) >= 11 is 0. The molecule has 0 aromatic rings. The van der Waals surface area contributed by atoms with Gasteiger partial charge in [0.15, 0.2) is 18.2 Å². The monoisotopic (exact) mass is 606 g/mol. The van der Waals surface area contributed by atoms with E-state index in [0.29, 0.717) is 12.3 Å². The number of carboxylic acids is 1. The third-order valence-electron chi connectivity index (χ3n) is 10.5. The molecule has 6 N–H and O–H groups in total. The third kappa shape index (κ3) is 7.16. The highest BCUT2D eigenvalue weighted by Gasteiger charge is 2.53. The molecule has 3 aliphatic carbocycles. The second-order valence-corrected chi connectivity index (χ2v) is 14.0. The molecule has 0 bridgehead atoms. The van der Waals surface area contributed by atoms with Crippen molar-refractivity contribution in [3.63, 3.8) is 0 Å². The van der Waals surface area contributed by atoms with E-state index < -0.39 is 54.2 Å². The molecule has 10 heteroatoms. The molecule has 0 unspecified atom stereocenters. The summed E-state index contributed by atoms with van der Waals surface area (Å²) in [7, 11) is 0. The molecule has 1 heterocycles. The Morgan fingerprint density at radius 1 is 1.09 bits per heavy atom. The lowest BCUT2D eigenvalue weighted by molar-refractivity contribution is -0.303. The van der Waals surface area contributed by atoms with Crippen molar-refractivity contribution in [3.8, 4) is 0 Å². The lowest BCUT2D eigenvalue weighted by Crippen LogP contribution is -2.61.